The predicted octanol–water partition coefficient (Wildman–Crippen LogP) is 2.89. The Bertz CT molecular complexity index is 634. The fraction of sp³-hybridized carbons (Fsp3) is 0.400. The number of halogens is 3. The second-order valence-corrected chi connectivity index (χ2v) is 6.19. The van der Waals surface area contributed by atoms with E-state index in [2.05, 4.69) is 31.1 Å². The van der Waals surface area contributed by atoms with E-state index in [1.807, 2.05) is 30.1 Å². The molecule has 1 fully saturated rings. The van der Waals surface area contributed by atoms with Crippen molar-refractivity contribution >= 4 is 28.3 Å². The minimum atomic E-state index is -0.212. The first kappa shape index (κ1) is 17.4. The third kappa shape index (κ3) is 3.68. The quantitative estimate of drug-likeness (QED) is 0.876. The lowest BCUT2D eigenvalue weighted by atomic mass is 10.1. The molecule has 0 saturated carbocycles. The molecule has 3 rings (SSSR count). The van der Waals surface area contributed by atoms with Crippen LogP contribution in [0.2, 0.25) is 0 Å². The molecule has 22 heavy (non-hydrogen) atoms. The Hall–Kier alpha value is -0.950. The van der Waals surface area contributed by atoms with Gasteiger partial charge in [0.15, 0.2) is 0 Å². The van der Waals surface area contributed by atoms with Gasteiger partial charge in [-0.1, -0.05) is 6.07 Å². The summed E-state index contributed by atoms with van der Waals surface area (Å²) in [6, 6.07) is 5.54. The Morgan fingerprint density at radius 3 is 2.95 bits per heavy atom. The van der Waals surface area contributed by atoms with Gasteiger partial charge in [-0.25, -0.2) is 9.37 Å². The van der Waals surface area contributed by atoms with E-state index in [-0.39, 0.29) is 24.3 Å². The van der Waals surface area contributed by atoms with Crippen LogP contribution in [-0.4, -0.2) is 34.1 Å². The van der Waals surface area contributed by atoms with Gasteiger partial charge in [0, 0.05) is 45.6 Å². The second kappa shape index (κ2) is 7.55. The van der Waals surface area contributed by atoms with Crippen molar-refractivity contribution in [3.63, 3.8) is 0 Å². The zero-order valence-electron chi connectivity index (χ0n) is 12.3. The minimum Gasteiger partial charge on any atom is -0.337 e. The van der Waals surface area contributed by atoms with Gasteiger partial charge in [0.05, 0.1) is 10.5 Å². The molecule has 1 aliphatic heterocycles. The van der Waals surface area contributed by atoms with Crippen LogP contribution < -0.4 is 5.32 Å². The highest BCUT2D eigenvalue weighted by Crippen LogP contribution is 2.24. The fourth-order valence-corrected chi connectivity index (χ4v) is 3.01. The summed E-state index contributed by atoms with van der Waals surface area (Å²) in [5, 5.41) is 3.41. The molecule has 1 aliphatic rings. The van der Waals surface area contributed by atoms with Crippen molar-refractivity contribution in [2.75, 3.05) is 19.6 Å². The zero-order valence-corrected chi connectivity index (χ0v) is 14.7. The SMILES string of the molecule is Cl.Cn1ccnc1C1CNCCN1Cc1ccc(Br)c(F)c1. The Balaban J connectivity index is 0.00000176. The first-order valence-electron chi connectivity index (χ1n) is 7.01. The van der Waals surface area contributed by atoms with Crippen LogP contribution in [0.4, 0.5) is 4.39 Å². The van der Waals surface area contributed by atoms with E-state index in [4.69, 9.17) is 0 Å². The summed E-state index contributed by atoms with van der Waals surface area (Å²) in [4.78, 5) is 6.81. The van der Waals surface area contributed by atoms with Crippen LogP contribution in [0.5, 0.6) is 0 Å². The molecule has 0 spiro atoms. The summed E-state index contributed by atoms with van der Waals surface area (Å²) in [5.74, 6) is 0.830. The van der Waals surface area contributed by atoms with Crippen molar-refractivity contribution < 1.29 is 4.39 Å². The molecule has 2 heterocycles. The van der Waals surface area contributed by atoms with Crippen molar-refractivity contribution in [2.24, 2.45) is 7.05 Å². The lowest BCUT2D eigenvalue weighted by Crippen LogP contribution is -2.46. The molecule has 7 heteroatoms. The molecule has 1 saturated heterocycles. The van der Waals surface area contributed by atoms with Gasteiger partial charge in [-0.15, -0.1) is 12.4 Å². The van der Waals surface area contributed by atoms with E-state index in [1.54, 1.807) is 12.1 Å². The summed E-state index contributed by atoms with van der Waals surface area (Å²) in [6.45, 7) is 3.46. The minimum absolute atomic E-state index is 0. The molecule has 1 aromatic heterocycles. The highest BCUT2D eigenvalue weighted by Gasteiger charge is 2.26. The third-order valence-corrected chi connectivity index (χ3v) is 4.52. The monoisotopic (exact) mass is 388 g/mol. The number of hydrogen-bond donors (Lipinski definition) is 1. The van der Waals surface area contributed by atoms with Gasteiger partial charge in [-0.2, -0.15) is 0 Å². The molecule has 120 valence electrons. The summed E-state index contributed by atoms with van der Waals surface area (Å²) in [5.41, 5.74) is 0.983. The highest BCUT2D eigenvalue weighted by molar-refractivity contribution is 9.10. The normalized spacial score (nSPS) is 19.0. The van der Waals surface area contributed by atoms with Crippen LogP contribution >= 0.6 is 28.3 Å². The average molecular weight is 390 g/mol. The average Bonchev–Trinajstić information content (AvgIpc) is 2.90. The maximum atomic E-state index is 13.7. The van der Waals surface area contributed by atoms with E-state index >= 15 is 0 Å². The molecular formula is C15H19BrClFN4. The van der Waals surface area contributed by atoms with Gasteiger partial charge in [-0.05, 0) is 33.6 Å². The number of piperazine rings is 1. The molecule has 0 amide bonds. The summed E-state index contributed by atoms with van der Waals surface area (Å²) in [7, 11) is 2.01. The van der Waals surface area contributed by atoms with E-state index in [9.17, 15) is 4.39 Å². The number of aryl methyl sites for hydroxylation is 1. The van der Waals surface area contributed by atoms with Crippen molar-refractivity contribution in [3.8, 4) is 0 Å². The zero-order chi connectivity index (χ0) is 14.8. The van der Waals surface area contributed by atoms with Crippen molar-refractivity contribution in [3.05, 3.63) is 52.3 Å². The van der Waals surface area contributed by atoms with Crippen LogP contribution in [0.3, 0.4) is 0 Å². The number of nitrogens with one attached hydrogen (secondary N) is 1. The molecular weight excluding hydrogens is 371 g/mol. The smallest absolute Gasteiger partial charge is 0.137 e. The number of aromatic nitrogens is 2. The second-order valence-electron chi connectivity index (χ2n) is 5.34. The molecule has 4 nitrogen and oxygen atoms in total. The van der Waals surface area contributed by atoms with E-state index in [1.165, 1.54) is 0 Å². The standard InChI is InChI=1S/C15H18BrFN4.ClH/c1-20-6-5-19-15(20)14-9-18-4-7-21(14)10-11-2-3-12(16)13(17)8-11;/h2-3,5-6,8,14,18H,4,7,9-10H2,1H3;1H. The maximum absolute atomic E-state index is 13.7. The predicted molar refractivity (Wildman–Crippen MR) is 90.6 cm³/mol. The van der Waals surface area contributed by atoms with Crippen molar-refractivity contribution in [1.29, 1.82) is 0 Å². The van der Waals surface area contributed by atoms with Gasteiger partial charge in [0.25, 0.3) is 0 Å². The molecule has 1 atom stereocenters. The third-order valence-electron chi connectivity index (χ3n) is 3.88. The Labute approximate surface area is 144 Å². The van der Waals surface area contributed by atoms with Crippen LogP contribution in [0.1, 0.15) is 17.4 Å². The highest BCUT2D eigenvalue weighted by atomic mass is 79.9. The first-order valence-corrected chi connectivity index (χ1v) is 7.80. The van der Waals surface area contributed by atoms with Gasteiger partial charge in [0.1, 0.15) is 11.6 Å². The van der Waals surface area contributed by atoms with Crippen LogP contribution in [0, 0.1) is 5.82 Å². The van der Waals surface area contributed by atoms with Gasteiger partial charge < -0.3 is 9.88 Å². The van der Waals surface area contributed by atoms with Gasteiger partial charge in [-0.3, -0.25) is 4.90 Å². The maximum Gasteiger partial charge on any atom is 0.137 e. The van der Waals surface area contributed by atoms with Crippen LogP contribution in [0.15, 0.2) is 35.1 Å². The Morgan fingerprint density at radius 1 is 1.45 bits per heavy atom. The Morgan fingerprint density at radius 2 is 2.27 bits per heavy atom. The van der Waals surface area contributed by atoms with E-state index in [0.29, 0.717) is 4.47 Å². The van der Waals surface area contributed by atoms with Crippen LogP contribution in [0.25, 0.3) is 0 Å². The number of rotatable bonds is 3. The van der Waals surface area contributed by atoms with Crippen LogP contribution in [-0.2, 0) is 13.6 Å². The van der Waals surface area contributed by atoms with E-state index in [0.717, 1.165) is 37.6 Å². The molecule has 1 unspecified atom stereocenters. The first-order chi connectivity index (χ1) is 10.1. The lowest BCUT2D eigenvalue weighted by Gasteiger charge is -2.35. The molecule has 0 aliphatic carbocycles. The molecule has 1 N–H and O–H groups in total. The van der Waals surface area contributed by atoms with Gasteiger partial charge in [0.2, 0.25) is 0 Å². The summed E-state index contributed by atoms with van der Waals surface area (Å²) >= 11 is 3.20. The van der Waals surface area contributed by atoms with Crippen molar-refractivity contribution in [1.82, 2.24) is 19.8 Å². The van der Waals surface area contributed by atoms with E-state index < -0.39 is 0 Å². The molecule has 0 radical (unpaired) electrons. The van der Waals surface area contributed by atoms with Gasteiger partial charge >= 0.3 is 0 Å². The molecule has 0 bridgehead atoms. The van der Waals surface area contributed by atoms with Crippen molar-refractivity contribution in [2.45, 2.75) is 12.6 Å². The molecule has 1 aromatic carbocycles. The fourth-order valence-electron chi connectivity index (χ4n) is 2.76. The number of hydrogen-bond acceptors (Lipinski definition) is 3. The number of imidazole rings is 1. The summed E-state index contributed by atoms with van der Waals surface area (Å²) < 4.78 is 16.2. The lowest BCUT2D eigenvalue weighted by molar-refractivity contribution is 0.144. The molecule has 2 aromatic rings. The Kier molecular flexibility index (Phi) is 5.97. The largest absolute Gasteiger partial charge is 0.337 e. The number of nitrogens with zero attached hydrogens (tertiary/aromatic N) is 3. The number of benzene rings is 1. The summed E-state index contributed by atoms with van der Waals surface area (Å²) in [6.07, 6.45) is 3.78. The topological polar surface area (TPSA) is 33.1 Å².